The molecule has 10 heteroatoms. The van der Waals surface area contributed by atoms with Gasteiger partial charge in [0.2, 0.25) is 0 Å². The molecule has 4 N–H and O–H groups in total. The zero-order valence-electron chi connectivity index (χ0n) is 29.2. The van der Waals surface area contributed by atoms with Crippen LogP contribution in [0.3, 0.4) is 0 Å². The minimum absolute atomic E-state index is 0.158. The van der Waals surface area contributed by atoms with E-state index in [9.17, 15) is 19.8 Å². The lowest BCUT2D eigenvalue weighted by molar-refractivity contribution is -0.130. The maximum Gasteiger partial charge on any atom is 0.253 e. The summed E-state index contributed by atoms with van der Waals surface area (Å²) in [6.45, 7) is 5.12. The molecular weight excluding hydrogens is 687 g/mol. The molecule has 4 atom stereocenters. The molecule has 0 radical (unpaired) electrons. The van der Waals surface area contributed by atoms with Crippen LogP contribution in [0.2, 0.25) is 10.0 Å². The second kappa shape index (κ2) is 20.7. The highest BCUT2D eigenvalue weighted by atomic mass is 35.5. The number of ether oxygens (including phenoxy) is 2. The van der Waals surface area contributed by atoms with Crippen molar-refractivity contribution < 1.29 is 29.3 Å². The van der Waals surface area contributed by atoms with E-state index < -0.39 is 24.0 Å². The van der Waals surface area contributed by atoms with Crippen LogP contribution < -0.4 is 20.1 Å². The number of nitrogens with one attached hydrogen (secondary N) is 2. The summed E-state index contributed by atoms with van der Waals surface area (Å²) in [6, 6.07) is 28.8. The molecule has 0 aliphatic heterocycles. The molecule has 272 valence electrons. The van der Waals surface area contributed by atoms with E-state index in [-0.39, 0.29) is 12.1 Å². The number of hydrogen-bond donors (Lipinski definition) is 4. The number of hydrogen-bond acceptors (Lipinski definition) is 6. The Balaban J connectivity index is 1.02. The van der Waals surface area contributed by atoms with Crippen LogP contribution in [0, 0.1) is 0 Å². The van der Waals surface area contributed by atoms with Gasteiger partial charge in [0.25, 0.3) is 11.8 Å². The Morgan fingerprint density at radius 2 is 0.961 bits per heavy atom. The van der Waals surface area contributed by atoms with Crippen molar-refractivity contribution in [2.45, 2.75) is 83.1 Å². The van der Waals surface area contributed by atoms with Gasteiger partial charge in [0.15, 0.2) is 12.2 Å². The number of unbranched alkanes of at least 4 members (excludes halogenated alkanes) is 4. The third kappa shape index (κ3) is 13.9. The third-order valence-corrected chi connectivity index (χ3v) is 8.83. The fraction of sp³-hybridized carbons (Fsp3) is 0.366. The van der Waals surface area contributed by atoms with Crippen LogP contribution in [0.4, 0.5) is 0 Å². The Labute approximate surface area is 311 Å². The van der Waals surface area contributed by atoms with Crippen molar-refractivity contribution in [1.29, 1.82) is 0 Å². The molecule has 0 heterocycles. The van der Waals surface area contributed by atoms with Crippen LogP contribution in [0.1, 0.15) is 80.4 Å². The SMILES string of the molecule is CC(Cc1ccc(OCCCCCCCOc2ccc(CC(C)NC(=O)[C@H](O)c3cccc(Cl)c3)cc2)cc1)NC(=O)C(O)c1cccc(Cl)c1. The summed E-state index contributed by atoms with van der Waals surface area (Å²) in [5.41, 5.74) is 3.05. The van der Waals surface area contributed by atoms with E-state index in [1.165, 1.54) is 0 Å². The minimum Gasteiger partial charge on any atom is -0.494 e. The van der Waals surface area contributed by atoms with Gasteiger partial charge in [-0.05, 0) is 110 Å². The van der Waals surface area contributed by atoms with Crippen LogP contribution in [-0.2, 0) is 22.4 Å². The van der Waals surface area contributed by atoms with E-state index in [1.807, 2.05) is 62.4 Å². The Kier molecular flexibility index (Phi) is 16.1. The summed E-state index contributed by atoms with van der Waals surface area (Å²) in [5, 5.41) is 27.4. The summed E-state index contributed by atoms with van der Waals surface area (Å²) in [4.78, 5) is 24.9. The van der Waals surface area contributed by atoms with Crippen LogP contribution in [0.5, 0.6) is 11.5 Å². The van der Waals surface area contributed by atoms with Gasteiger partial charge < -0.3 is 30.3 Å². The first-order valence-corrected chi connectivity index (χ1v) is 18.2. The van der Waals surface area contributed by atoms with Gasteiger partial charge in [-0.25, -0.2) is 0 Å². The number of amides is 2. The zero-order chi connectivity index (χ0) is 36.6. The van der Waals surface area contributed by atoms with E-state index in [2.05, 4.69) is 10.6 Å². The first-order valence-electron chi connectivity index (χ1n) is 17.5. The minimum atomic E-state index is -1.27. The Hall–Kier alpha value is -4.08. The summed E-state index contributed by atoms with van der Waals surface area (Å²) in [7, 11) is 0. The number of aliphatic hydroxyl groups is 2. The fourth-order valence-corrected chi connectivity index (χ4v) is 6.06. The van der Waals surface area contributed by atoms with E-state index in [1.54, 1.807) is 48.5 Å². The average molecular weight is 736 g/mol. The lowest BCUT2D eigenvalue weighted by Gasteiger charge is -2.17. The van der Waals surface area contributed by atoms with Crippen molar-refractivity contribution in [3.05, 3.63) is 129 Å². The summed E-state index contributed by atoms with van der Waals surface area (Å²) >= 11 is 12.0. The molecule has 2 amide bonds. The highest BCUT2D eigenvalue weighted by molar-refractivity contribution is 6.31. The molecule has 0 saturated heterocycles. The molecule has 51 heavy (non-hydrogen) atoms. The van der Waals surface area contributed by atoms with Crippen molar-refractivity contribution in [2.24, 2.45) is 0 Å². The predicted molar refractivity (Wildman–Crippen MR) is 202 cm³/mol. The second-order valence-corrected chi connectivity index (χ2v) is 13.8. The summed E-state index contributed by atoms with van der Waals surface area (Å²) in [6.07, 6.45) is 3.93. The molecule has 4 aromatic carbocycles. The number of benzene rings is 4. The van der Waals surface area contributed by atoms with E-state index in [0.29, 0.717) is 47.2 Å². The number of rotatable bonds is 20. The van der Waals surface area contributed by atoms with Gasteiger partial charge in [-0.3, -0.25) is 9.59 Å². The maximum absolute atomic E-state index is 12.5. The van der Waals surface area contributed by atoms with Crippen LogP contribution in [0.25, 0.3) is 0 Å². The monoisotopic (exact) mass is 734 g/mol. The predicted octanol–water partition coefficient (Wildman–Crippen LogP) is 7.96. The molecular formula is C41H48Cl2N2O6. The Bertz CT molecular complexity index is 1540. The molecule has 0 aliphatic rings. The number of carbonyl (C=O) groups is 2. The Morgan fingerprint density at radius 3 is 1.33 bits per heavy atom. The highest BCUT2D eigenvalue weighted by Crippen LogP contribution is 2.21. The molecule has 4 aromatic rings. The van der Waals surface area contributed by atoms with Crippen molar-refractivity contribution in [1.82, 2.24) is 10.6 Å². The molecule has 8 nitrogen and oxygen atoms in total. The molecule has 0 saturated carbocycles. The molecule has 0 bridgehead atoms. The van der Waals surface area contributed by atoms with Crippen LogP contribution in [0.15, 0.2) is 97.1 Å². The molecule has 0 aliphatic carbocycles. The quantitative estimate of drug-likeness (QED) is 0.0685. The van der Waals surface area contributed by atoms with Gasteiger partial charge in [-0.2, -0.15) is 0 Å². The van der Waals surface area contributed by atoms with Gasteiger partial charge in [0.05, 0.1) is 13.2 Å². The molecule has 3 unspecified atom stereocenters. The van der Waals surface area contributed by atoms with Gasteiger partial charge in [0, 0.05) is 22.1 Å². The van der Waals surface area contributed by atoms with E-state index >= 15 is 0 Å². The van der Waals surface area contributed by atoms with Crippen molar-refractivity contribution in [2.75, 3.05) is 13.2 Å². The first-order chi connectivity index (χ1) is 24.6. The van der Waals surface area contributed by atoms with Gasteiger partial charge in [-0.1, -0.05) is 91.0 Å². The largest absolute Gasteiger partial charge is 0.494 e. The van der Waals surface area contributed by atoms with Crippen molar-refractivity contribution >= 4 is 35.0 Å². The lowest BCUT2D eigenvalue weighted by atomic mass is 10.1. The average Bonchev–Trinajstić information content (AvgIpc) is 3.11. The van der Waals surface area contributed by atoms with Crippen molar-refractivity contribution in [3.63, 3.8) is 0 Å². The zero-order valence-corrected chi connectivity index (χ0v) is 30.7. The smallest absolute Gasteiger partial charge is 0.253 e. The summed E-state index contributed by atoms with van der Waals surface area (Å²) < 4.78 is 11.8. The third-order valence-electron chi connectivity index (χ3n) is 8.36. The second-order valence-electron chi connectivity index (χ2n) is 12.9. The topological polar surface area (TPSA) is 117 Å². The molecule has 0 spiro atoms. The highest BCUT2D eigenvalue weighted by Gasteiger charge is 2.21. The molecule has 0 aromatic heterocycles. The van der Waals surface area contributed by atoms with Crippen LogP contribution in [-0.4, -0.2) is 47.3 Å². The normalized spacial score (nSPS) is 13.5. The molecule has 0 fully saturated rings. The van der Waals surface area contributed by atoms with E-state index in [4.69, 9.17) is 32.7 Å². The molecule has 4 rings (SSSR count). The number of aliphatic hydroxyl groups excluding tert-OH is 2. The number of carbonyl (C=O) groups excluding carboxylic acids is 2. The van der Waals surface area contributed by atoms with Gasteiger partial charge in [0.1, 0.15) is 11.5 Å². The standard InChI is InChI=1S/C41H48Cl2N2O6/c1-28(44-40(48)38(46)32-10-8-12-34(42)26-32)24-30-14-18-36(19-15-30)50-22-6-4-3-5-7-23-51-37-20-16-31(17-21-37)25-29(2)45-41(49)39(47)33-11-9-13-35(43)27-33/h8-21,26-29,38-39,46-47H,3-7,22-25H2,1-2H3,(H,44,48)(H,45,49)/t28?,29?,38-,39?/m1/s1. The van der Waals surface area contributed by atoms with E-state index in [0.717, 1.165) is 54.7 Å². The number of halogens is 2. The maximum atomic E-state index is 12.5. The lowest BCUT2D eigenvalue weighted by Crippen LogP contribution is -2.37. The Morgan fingerprint density at radius 1 is 0.588 bits per heavy atom. The van der Waals surface area contributed by atoms with Gasteiger partial charge in [-0.15, -0.1) is 0 Å². The van der Waals surface area contributed by atoms with Gasteiger partial charge >= 0.3 is 0 Å². The van der Waals surface area contributed by atoms with Crippen molar-refractivity contribution in [3.8, 4) is 11.5 Å². The first kappa shape index (κ1) is 39.7. The van der Waals surface area contributed by atoms with Crippen LogP contribution >= 0.6 is 23.2 Å². The summed E-state index contributed by atoms with van der Waals surface area (Å²) in [5.74, 6) is 0.726. The fourth-order valence-electron chi connectivity index (χ4n) is 5.67.